The van der Waals surface area contributed by atoms with E-state index in [1.54, 1.807) is 0 Å². The van der Waals surface area contributed by atoms with Gasteiger partial charge in [-0.2, -0.15) is 5.10 Å². The molecular weight excluding hydrogens is 322 g/mol. The highest BCUT2D eigenvalue weighted by molar-refractivity contribution is 5.99. The first kappa shape index (κ1) is 16.1. The summed E-state index contributed by atoms with van der Waals surface area (Å²) in [6, 6.07) is 28.0. The molecule has 0 atom stereocenters. The zero-order valence-electron chi connectivity index (χ0n) is 14.2. The van der Waals surface area contributed by atoms with Crippen LogP contribution in [0.15, 0.2) is 84.9 Å². The third-order valence-electron chi connectivity index (χ3n) is 4.52. The number of nitrogens with one attached hydrogen (secondary N) is 2. The molecule has 1 heterocycles. The van der Waals surface area contributed by atoms with Gasteiger partial charge >= 0.3 is 0 Å². The third-order valence-corrected chi connectivity index (χ3v) is 4.52. The Morgan fingerprint density at radius 1 is 0.846 bits per heavy atom. The van der Waals surface area contributed by atoms with Gasteiger partial charge < -0.3 is 5.32 Å². The second kappa shape index (κ2) is 7.23. The van der Waals surface area contributed by atoms with E-state index in [-0.39, 0.29) is 11.8 Å². The number of carbonyl (C=O) groups is 1. The first-order valence-corrected chi connectivity index (χ1v) is 8.64. The molecule has 0 saturated carbocycles. The Morgan fingerprint density at radius 3 is 2.08 bits per heavy atom. The fourth-order valence-corrected chi connectivity index (χ4v) is 3.23. The van der Waals surface area contributed by atoms with Crippen LogP contribution in [0.1, 0.15) is 23.5 Å². The number of hydrogen-bond acceptors (Lipinski definition) is 2. The first-order valence-electron chi connectivity index (χ1n) is 8.64. The fourth-order valence-electron chi connectivity index (χ4n) is 3.23. The third kappa shape index (κ3) is 3.35. The van der Waals surface area contributed by atoms with Crippen LogP contribution in [0, 0.1) is 0 Å². The maximum Gasteiger partial charge on any atom is 0.226 e. The monoisotopic (exact) mass is 341 g/mol. The van der Waals surface area contributed by atoms with E-state index < -0.39 is 0 Å². The van der Waals surface area contributed by atoms with Crippen molar-refractivity contribution in [1.82, 2.24) is 10.2 Å². The number of aromatic nitrogens is 2. The number of rotatable bonds is 5. The summed E-state index contributed by atoms with van der Waals surface area (Å²) in [7, 11) is 0. The molecule has 4 rings (SSSR count). The maximum atomic E-state index is 12.7. The molecule has 4 aromatic rings. The lowest BCUT2D eigenvalue weighted by Gasteiger charge is -2.17. The van der Waals surface area contributed by atoms with Gasteiger partial charge in [0.1, 0.15) is 0 Å². The Kier molecular flexibility index (Phi) is 4.48. The number of benzene rings is 3. The molecule has 4 heteroatoms. The van der Waals surface area contributed by atoms with Gasteiger partial charge in [0.15, 0.2) is 5.82 Å². The quantitative estimate of drug-likeness (QED) is 0.552. The van der Waals surface area contributed by atoms with Crippen molar-refractivity contribution in [1.29, 1.82) is 0 Å². The molecule has 0 aliphatic heterocycles. The molecule has 128 valence electrons. The number of H-pyrrole nitrogens is 1. The standard InChI is InChI=1S/C22H19N3O/c26-21(23-22-18-13-7-8-14-20(18)24-25-22)15-19(16-9-3-1-4-10-16)17-11-5-2-6-12-17/h1-14,19H,15H2,(H2,23,24,25,26). The smallest absolute Gasteiger partial charge is 0.226 e. The highest BCUT2D eigenvalue weighted by Gasteiger charge is 2.19. The zero-order valence-corrected chi connectivity index (χ0v) is 14.2. The second-order valence-electron chi connectivity index (χ2n) is 6.24. The number of para-hydroxylation sites is 1. The predicted molar refractivity (Wildman–Crippen MR) is 104 cm³/mol. The van der Waals surface area contributed by atoms with Gasteiger partial charge in [0.25, 0.3) is 0 Å². The molecule has 26 heavy (non-hydrogen) atoms. The van der Waals surface area contributed by atoms with Crippen LogP contribution in [0.3, 0.4) is 0 Å². The number of aromatic amines is 1. The SMILES string of the molecule is O=C(CC(c1ccccc1)c1ccccc1)Nc1n[nH]c2ccccc12. The van der Waals surface area contributed by atoms with Crippen molar-refractivity contribution in [2.45, 2.75) is 12.3 Å². The van der Waals surface area contributed by atoms with Crippen LogP contribution >= 0.6 is 0 Å². The van der Waals surface area contributed by atoms with Crippen molar-refractivity contribution in [2.24, 2.45) is 0 Å². The summed E-state index contributed by atoms with van der Waals surface area (Å²) < 4.78 is 0. The maximum absolute atomic E-state index is 12.7. The molecule has 0 bridgehead atoms. The molecule has 3 aromatic carbocycles. The van der Waals surface area contributed by atoms with Crippen LogP contribution < -0.4 is 5.32 Å². The Bertz CT molecular complexity index is 970. The normalized spacial score (nSPS) is 11.0. The Morgan fingerprint density at radius 2 is 1.42 bits per heavy atom. The Labute approximate surface area is 151 Å². The molecule has 0 aliphatic rings. The fraction of sp³-hybridized carbons (Fsp3) is 0.0909. The number of fused-ring (bicyclic) bond motifs is 1. The number of amides is 1. The minimum atomic E-state index is -0.0556. The topological polar surface area (TPSA) is 57.8 Å². The van der Waals surface area contributed by atoms with Crippen molar-refractivity contribution < 1.29 is 4.79 Å². The largest absolute Gasteiger partial charge is 0.309 e. The van der Waals surface area contributed by atoms with Crippen molar-refractivity contribution in [2.75, 3.05) is 5.32 Å². The molecule has 1 amide bonds. The number of nitrogens with zero attached hydrogens (tertiary/aromatic N) is 1. The summed E-state index contributed by atoms with van der Waals surface area (Å²) in [5, 5.41) is 11.0. The van der Waals surface area contributed by atoms with Gasteiger partial charge in [-0.05, 0) is 23.3 Å². The van der Waals surface area contributed by atoms with E-state index in [9.17, 15) is 4.79 Å². The molecule has 2 N–H and O–H groups in total. The van der Waals surface area contributed by atoms with Gasteiger partial charge in [-0.15, -0.1) is 0 Å². The second-order valence-corrected chi connectivity index (χ2v) is 6.24. The minimum Gasteiger partial charge on any atom is -0.309 e. The van der Waals surface area contributed by atoms with E-state index in [0.29, 0.717) is 12.2 Å². The van der Waals surface area contributed by atoms with E-state index in [4.69, 9.17) is 0 Å². The molecule has 1 aromatic heterocycles. The van der Waals surface area contributed by atoms with Crippen LogP contribution in [-0.2, 0) is 4.79 Å². The molecule has 0 fully saturated rings. The van der Waals surface area contributed by atoms with Crippen molar-refractivity contribution in [3.8, 4) is 0 Å². The highest BCUT2D eigenvalue weighted by atomic mass is 16.1. The van der Waals surface area contributed by atoms with Crippen LogP contribution in [0.25, 0.3) is 10.9 Å². The van der Waals surface area contributed by atoms with E-state index in [1.165, 1.54) is 0 Å². The summed E-state index contributed by atoms with van der Waals surface area (Å²) in [4.78, 5) is 12.7. The molecule has 0 unspecified atom stereocenters. The van der Waals surface area contributed by atoms with Gasteiger partial charge in [-0.1, -0.05) is 72.8 Å². The van der Waals surface area contributed by atoms with Gasteiger partial charge in [-0.25, -0.2) is 0 Å². The van der Waals surface area contributed by atoms with E-state index in [0.717, 1.165) is 22.0 Å². The summed E-state index contributed by atoms with van der Waals surface area (Å²) in [5.41, 5.74) is 3.16. The average molecular weight is 341 g/mol. The van der Waals surface area contributed by atoms with Crippen LogP contribution in [0.5, 0.6) is 0 Å². The number of carbonyl (C=O) groups excluding carboxylic acids is 1. The predicted octanol–water partition coefficient (Wildman–Crippen LogP) is 4.72. The lowest BCUT2D eigenvalue weighted by molar-refractivity contribution is -0.116. The first-order chi connectivity index (χ1) is 12.8. The molecule has 0 saturated heterocycles. The van der Waals surface area contributed by atoms with Gasteiger partial charge in [-0.3, -0.25) is 9.89 Å². The highest BCUT2D eigenvalue weighted by Crippen LogP contribution is 2.29. The van der Waals surface area contributed by atoms with Crippen molar-refractivity contribution >= 4 is 22.6 Å². The molecule has 0 radical (unpaired) electrons. The minimum absolute atomic E-state index is 0.00241. The summed E-state index contributed by atoms with van der Waals surface area (Å²) in [6.45, 7) is 0. The van der Waals surface area contributed by atoms with Crippen LogP contribution in [0.2, 0.25) is 0 Å². The number of hydrogen-bond donors (Lipinski definition) is 2. The van der Waals surface area contributed by atoms with Crippen LogP contribution in [0.4, 0.5) is 5.82 Å². The Balaban J connectivity index is 1.58. The number of anilines is 1. The molecule has 0 aliphatic carbocycles. The van der Waals surface area contributed by atoms with E-state index in [1.807, 2.05) is 60.7 Å². The van der Waals surface area contributed by atoms with Gasteiger partial charge in [0, 0.05) is 17.7 Å². The molecule has 0 spiro atoms. The van der Waals surface area contributed by atoms with Crippen molar-refractivity contribution in [3.05, 3.63) is 96.1 Å². The molecular formula is C22H19N3O. The lowest BCUT2D eigenvalue weighted by Crippen LogP contribution is -2.17. The summed E-state index contributed by atoms with van der Waals surface area (Å²) >= 11 is 0. The van der Waals surface area contributed by atoms with Gasteiger partial charge in [0.05, 0.1) is 5.52 Å². The average Bonchev–Trinajstić information content (AvgIpc) is 3.10. The summed E-state index contributed by atoms with van der Waals surface area (Å²) in [6.07, 6.45) is 0.356. The lowest BCUT2D eigenvalue weighted by atomic mass is 9.88. The van der Waals surface area contributed by atoms with Crippen molar-refractivity contribution in [3.63, 3.8) is 0 Å². The van der Waals surface area contributed by atoms with E-state index in [2.05, 4.69) is 39.8 Å². The van der Waals surface area contributed by atoms with Crippen LogP contribution in [-0.4, -0.2) is 16.1 Å². The van der Waals surface area contributed by atoms with E-state index >= 15 is 0 Å². The Hall–Kier alpha value is -3.40. The molecule has 4 nitrogen and oxygen atoms in total. The summed E-state index contributed by atoms with van der Waals surface area (Å²) in [5.74, 6) is 0.521. The zero-order chi connectivity index (χ0) is 17.8. The van der Waals surface area contributed by atoms with Gasteiger partial charge in [0.2, 0.25) is 5.91 Å².